The lowest BCUT2D eigenvalue weighted by Gasteiger charge is -2.18. The summed E-state index contributed by atoms with van der Waals surface area (Å²) in [7, 11) is 0. The Morgan fingerprint density at radius 2 is 2.20 bits per heavy atom. The quantitative estimate of drug-likeness (QED) is 0.676. The first kappa shape index (κ1) is 16.0. The van der Waals surface area contributed by atoms with Gasteiger partial charge in [-0.3, -0.25) is 9.78 Å². The standard InChI is InChI=1S/C17H18F2N4O2/c1-11-4-5-24-9-17(18,19)10-25-13-2-3-15-14(6-13)16(22-21-15)12-7-20-23(11)8-12/h2-3,6-8,11H,4-5,9-10H2,1H3,(H,21,22)/t11-/m1/s1. The van der Waals surface area contributed by atoms with Gasteiger partial charge in [-0.25, -0.2) is 8.78 Å². The summed E-state index contributed by atoms with van der Waals surface area (Å²) in [6, 6.07) is 5.15. The molecule has 0 saturated carbocycles. The lowest BCUT2D eigenvalue weighted by Crippen LogP contribution is -2.31. The lowest BCUT2D eigenvalue weighted by molar-refractivity contribution is -0.102. The highest BCUT2D eigenvalue weighted by atomic mass is 19.3. The number of hydrogen-bond donors (Lipinski definition) is 1. The summed E-state index contributed by atoms with van der Waals surface area (Å²) in [5, 5.41) is 12.5. The van der Waals surface area contributed by atoms with Crippen LogP contribution >= 0.6 is 0 Å². The molecule has 3 heterocycles. The van der Waals surface area contributed by atoms with E-state index in [0.717, 1.165) is 22.2 Å². The molecule has 1 aliphatic heterocycles. The molecule has 3 aromatic rings. The van der Waals surface area contributed by atoms with Gasteiger partial charge in [0.15, 0.2) is 6.61 Å². The minimum Gasteiger partial charge on any atom is -0.487 e. The van der Waals surface area contributed by atoms with Crippen LogP contribution in [0.4, 0.5) is 8.78 Å². The number of fused-ring (bicyclic) bond motifs is 4. The Morgan fingerprint density at radius 1 is 1.32 bits per heavy atom. The topological polar surface area (TPSA) is 65.0 Å². The third-order valence-corrected chi connectivity index (χ3v) is 4.30. The number of alkyl halides is 2. The SMILES string of the molecule is C[C@@H]1CCOCC(F)(F)COc2ccc3[nH]nc(c3c2)-c2cnn1c2. The minimum absolute atomic E-state index is 0.0320. The van der Waals surface area contributed by atoms with Crippen LogP contribution in [0.15, 0.2) is 30.6 Å². The summed E-state index contributed by atoms with van der Waals surface area (Å²) in [6.45, 7) is 0.813. The van der Waals surface area contributed by atoms with Gasteiger partial charge in [0, 0.05) is 23.8 Å². The predicted molar refractivity (Wildman–Crippen MR) is 87.9 cm³/mol. The molecule has 0 radical (unpaired) electrons. The van der Waals surface area contributed by atoms with Crippen molar-refractivity contribution in [2.45, 2.75) is 25.3 Å². The Balaban J connectivity index is 1.77. The number of nitrogens with one attached hydrogen (secondary N) is 1. The highest BCUT2D eigenvalue weighted by molar-refractivity contribution is 5.93. The molecule has 132 valence electrons. The summed E-state index contributed by atoms with van der Waals surface area (Å²) in [5.41, 5.74) is 2.38. The molecule has 1 atom stereocenters. The van der Waals surface area contributed by atoms with E-state index in [1.807, 2.05) is 13.1 Å². The fourth-order valence-corrected chi connectivity index (χ4v) is 2.84. The largest absolute Gasteiger partial charge is 0.487 e. The Bertz CT molecular complexity index is 890. The van der Waals surface area contributed by atoms with Crippen molar-refractivity contribution in [2.24, 2.45) is 0 Å². The molecule has 6 nitrogen and oxygen atoms in total. The van der Waals surface area contributed by atoms with Crippen LogP contribution in [0.5, 0.6) is 5.75 Å². The van der Waals surface area contributed by atoms with Gasteiger partial charge in [0.25, 0.3) is 0 Å². The highest BCUT2D eigenvalue weighted by Crippen LogP contribution is 2.30. The Kier molecular flexibility index (Phi) is 3.91. The van der Waals surface area contributed by atoms with Crippen LogP contribution < -0.4 is 4.74 Å². The number of halogens is 2. The zero-order chi connectivity index (χ0) is 17.4. The van der Waals surface area contributed by atoms with Crippen LogP contribution in [-0.2, 0) is 4.74 Å². The second-order valence-corrected chi connectivity index (χ2v) is 6.32. The van der Waals surface area contributed by atoms with Crippen LogP contribution in [-0.4, -0.2) is 45.7 Å². The van der Waals surface area contributed by atoms with Crippen molar-refractivity contribution in [2.75, 3.05) is 19.8 Å². The summed E-state index contributed by atoms with van der Waals surface area (Å²) in [5.74, 6) is -2.68. The van der Waals surface area contributed by atoms with E-state index in [9.17, 15) is 8.78 Å². The lowest BCUT2D eigenvalue weighted by atomic mass is 10.1. The fraction of sp³-hybridized carbons (Fsp3) is 0.412. The summed E-state index contributed by atoms with van der Waals surface area (Å²) in [6.07, 6.45) is 4.24. The molecule has 25 heavy (non-hydrogen) atoms. The second kappa shape index (κ2) is 6.11. The molecule has 4 rings (SSSR count). The zero-order valence-corrected chi connectivity index (χ0v) is 13.7. The van der Waals surface area contributed by atoms with Gasteiger partial charge in [0.05, 0.1) is 17.8 Å². The second-order valence-electron chi connectivity index (χ2n) is 6.32. The molecule has 2 aromatic heterocycles. The zero-order valence-electron chi connectivity index (χ0n) is 13.7. The van der Waals surface area contributed by atoms with Crippen molar-refractivity contribution in [1.82, 2.24) is 20.0 Å². The average molecular weight is 348 g/mol. The molecule has 8 heteroatoms. The Hall–Kier alpha value is -2.48. The van der Waals surface area contributed by atoms with E-state index < -0.39 is 19.1 Å². The third-order valence-electron chi connectivity index (χ3n) is 4.30. The van der Waals surface area contributed by atoms with E-state index >= 15 is 0 Å². The fourth-order valence-electron chi connectivity index (χ4n) is 2.84. The maximum Gasteiger partial charge on any atom is 0.304 e. The molecular formula is C17H18F2N4O2. The van der Waals surface area contributed by atoms with Crippen molar-refractivity contribution in [3.8, 4) is 17.0 Å². The Morgan fingerprint density at radius 3 is 3.08 bits per heavy atom. The van der Waals surface area contributed by atoms with Gasteiger partial charge < -0.3 is 9.47 Å². The third kappa shape index (κ3) is 3.21. The van der Waals surface area contributed by atoms with Gasteiger partial charge in [-0.15, -0.1) is 0 Å². The number of aromatic amines is 1. The van der Waals surface area contributed by atoms with Gasteiger partial charge in [-0.1, -0.05) is 0 Å². The van der Waals surface area contributed by atoms with Crippen molar-refractivity contribution < 1.29 is 18.3 Å². The van der Waals surface area contributed by atoms with E-state index in [2.05, 4.69) is 15.3 Å². The van der Waals surface area contributed by atoms with E-state index in [-0.39, 0.29) is 12.6 Å². The minimum atomic E-state index is -3.05. The molecule has 0 unspecified atom stereocenters. The maximum absolute atomic E-state index is 13.9. The van der Waals surface area contributed by atoms with Crippen LogP contribution in [0.2, 0.25) is 0 Å². The highest BCUT2D eigenvalue weighted by Gasteiger charge is 2.31. The van der Waals surface area contributed by atoms with Crippen molar-refractivity contribution >= 4 is 10.9 Å². The molecule has 1 aromatic carbocycles. The van der Waals surface area contributed by atoms with Gasteiger partial charge in [0.2, 0.25) is 0 Å². The average Bonchev–Trinajstić information content (AvgIpc) is 3.22. The number of hydrogen-bond acceptors (Lipinski definition) is 4. The number of ether oxygens (including phenoxy) is 2. The number of H-pyrrole nitrogens is 1. The van der Waals surface area contributed by atoms with Crippen molar-refractivity contribution in [1.29, 1.82) is 0 Å². The molecule has 0 amide bonds. The van der Waals surface area contributed by atoms with Crippen LogP contribution in [0.25, 0.3) is 22.2 Å². The summed E-state index contributed by atoms with van der Waals surface area (Å²) >= 11 is 0. The number of nitrogens with zero attached hydrogens (tertiary/aromatic N) is 3. The number of benzene rings is 1. The molecule has 0 saturated heterocycles. The first-order chi connectivity index (χ1) is 12.0. The molecule has 0 aliphatic carbocycles. The van der Waals surface area contributed by atoms with Gasteiger partial charge in [-0.05, 0) is 31.5 Å². The van der Waals surface area contributed by atoms with Crippen molar-refractivity contribution in [3.05, 3.63) is 30.6 Å². The molecule has 0 fully saturated rings. The molecule has 1 aliphatic rings. The maximum atomic E-state index is 13.9. The predicted octanol–water partition coefficient (Wildman–Crippen LogP) is 3.42. The van der Waals surface area contributed by atoms with Crippen LogP contribution in [0.1, 0.15) is 19.4 Å². The van der Waals surface area contributed by atoms with Gasteiger partial charge in [-0.2, -0.15) is 10.2 Å². The molecule has 4 bridgehead atoms. The van der Waals surface area contributed by atoms with E-state index in [0.29, 0.717) is 12.2 Å². The monoisotopic (exact) mass is 348 g/mol. The molecule has 1 N–H and O–H groups in total. The van der Waals surface area contributed by atoms with E-state index in [4.69, 9.17) is 9.47 Å². The van der Waals surface area contributed by atoms with Crippen molar-refractivity contribution in [3.63, 3.8) is 0 Å². The number of rotatable bonds is 0. The van der Waals surface area contributed by atoms with E-state index in [1.54, 1.807) is 29.1 Å². The first-order valence-corrected chi connectivity index (χ1v) is 8.13. The molecular weight excluding hydrogens is 330 g/mol. The first-order valence-electron chi connectivity index (χ1n) is 8.13. The summed E-state index contributed by atoms with van der Waals surface area (Å²) in [4.78, 5) is 0. The van der Waals surface area contributed by atoms with Crippen LogP contribution in [0, 0.1) is 0 Å². The van der Waals surface area contributed by atoms with Gasteiger partial charge in [0.1, 0.15) is 18.1 Å². The van der Waals surface area contributed by atoms with E-state index in [1.165, 1.54) is 0 Å². The Labute approximate surface area is 142 Å². The normalized spacial score (nSPS) is 20.8. The summed E-state index contributed by atoms with van der Waals surface area (Å²) < 4.78 is 40.0. The number of aromatic nitrogens is 4. The van der Waals surface area contributed by atoms with Gasteiger partial charge >= 0.3 is 5.92 Å². The molecule has 0 spiro atoms. The smallest absolute Gasteiger partial charge is 0.304 e. The van der Waals surface area contributed by atoms with Crippen LogP contribution in [0.3, 0.4) is 0 Å².